The zero-order valence-corrected chi connectivity index (χ0v) is 22.5. The first-order valence-electron chi connectivity index (χ1n) is 11.3. The Kier molecular flexibility index (Phi) is 9.36. The van der Waals surface area contributed by atoms with Gasteiger partial charge in [-0.1, -0.05) is 71.7 Å². The van der Waals surface area contributed by atoms with Crippen molar-refractivity contribution in [2.45, 2.75) is 44.1 Å². The number of hydrogen-bond donors (Lipinski definition) is 1. The molecule has 0 saturated heterocycles. The number of thioether (sulfide) groups is 1. The first-order chi connectivity index (χ1) is 17.5. The second-order valence-electron chi connectivity index (χ2n) is 7.89. The van der Waals surface area contributed by atoms with Crippen molar-refractivity contribution in [1.82, 2.24) is 14.9 Å². The van der Waals surface area contributed by atoms with E-state index in [4.69, 9.17) is 44.4 Å². The fourth-order valence-corrected chi connectivity index (χ4v) is 5.09. The Bertz CT molecular complexity index is 1250. The van der Waals surface area contributed by atoms with Gasteiger partial charge in [-0.25, -0.2) is 4.68 Å². The summed E-state index contributed by atoms with van der Waals surface area (Å²) < 4.78 is 7.64. The Morgan fingerprint density at radius 3 is 2.86 bits per heavy atom. The monoisotopic (exact) mass is 567 g/mol. The zero-order chi connectivity index (χ0) is 25.5. The van der Waals surface area contributed by atoms with Gasteiger partial charge in [-0.05, 0) is 30.7 Å². The summed E-state index contributed by atoms with van der Waals surface area (Å²) in [4.78, 5) is 17.7. The zero-order valence-electron chi connectivity index (χ0n) is 19.4. The van der Waals surface area contributed by atoms with Gasteiger partial charge >= 0.3 is 0 Å². The van der Waals surface area contributed by atoms with Crippen LogP contribution < -0.4 is 10.2 Å². The molecule has 1 aliphatic heterocycles. The van der Waals surface area contributed by atoms with E-state index < -0.39 is 0 Å². The minimum absolute atomic E-state index is 0.0709. The van der Waals surface area contributed by atoms with E-state index in [0.717, 1.165) is 35.4 Å². The maximum absolute atomic E-state index is 12.0. The van der Waals surface area contributed by atoms with Crippen LogP contribution in [0.15, 0.2) is 52.8 Å². The van der Waals surface area contributed by atoms with Crippen LogP contribution in [0.3, 0.4) is 0 Å². The molecule has 0 saturated carbocycles. The normalized spacial score (nSPS) is 14.9. The van der Waals surface area contributed by atoms with Crippen LogP contribution in [0.2, 0.25) is 10.0 Å². The Morgan fingerprint density at radius 2 is 2.08 bits per heavy atom. The Morgan fingerprint density at radius 1 is 1.25 bits per heavy atom. The summed E-state index contributed by atoms with van der Waals surface area (Å²) in [6, 6.07) is 12.8. The molecule has 0 aliphatic carbocycles. The lowest BCUT2D eigenvalue weighted by Gasteiger charge is -2.13. The molecule has 36 heavy (non-hydrogen) atoms. The molecule has 0 bridgehead atoms. The molecule has 2 aromatic carbocycles. The molecule has 1 aliphatic rings. The number of aromatic nitrogens is 3. The Hall–Kier alpha value is -2.46. The van der Waals surface area contributed by atoms with E-state index in [2.05, 4.69) is 27.7 Å². The predicted octanol–water partition coefficient (Wildman–Crippen LogP) is 6.23. The number of amides is 1. The number of para-hydroxylation sites is 1. The average Bonchev–Trinajstić information content (AvgIpc) is 3.51. The summed E-state index contributed by atoms with van der Waals surface area (Å²) in [5.74, 6) is 1.35. The number of benzene rings is 2. The number of halogens is 3. The van der Waals surface area contributed by atoms with Crippen LogP contribution in [0.25, 0.3) is 0 Å². The minimum Gasteiger partial charge on any atom is -0.485 e. The Labute approximate surface area is 228 Å². The smallest absolute Gasteiger partial charge is 0.253 e. The molecule has 0 spiro atoms. The van der Waals surface area contributed by atoms with Crippen molar-refractivity contribution in [3.63, 3.8) is 0 Å². The standard InChI is InChI=1S/C24H24Cl3N5O3S/c1-2-3-10-36-24-29-28-22(32(24)30-23(33)13-25)14-34-20-7-5-4-6-17(20)19-12-21(35-31-19)16-9-8-15(26)11-18(16)27/h4-9,11,21H,2-3,10,12-14H2,1H3,(H,30,33). The lowest BCUT2D eigenvalue weighted by atomic mass is 9.99. The van der Waals surface area contributed by atoms with Crippen molar-refractivity contribution in [3.8, 4) is 5.75 Å². The van der Waals surface area contributed by atoms with Gasteiger partial charge in [0.05, 0.1) is 5.71 Å². The summed E-state index contributed by atoms with van der Waals surface area (Å²) in [6.07, 6.45) is 2.27. The van der Waals surface area contributed by atoms with E-state index in [1.165, 1.54) is 16.4 Å². The average molecular weight is 569 g/mol. The van der Waals surface area contributed by atoms with E-state index in [9.17, 15) is 4.79 Å². The van der Waals surface area contributed by atoms with Gasteiger partial charge < -0.3 is 9.57 Å². The van der Waals surface area contributed by atoms with Gasteiger partial charge in [-0.3, -0.25) is 10.2 Å². The van der Waals surface area contributed by atoms with Gasteiger partial charge in [0, 0.05) is 33.3 Å². The van der Waals surface area contributed by atoms with Gasteiger partial charge in [0.15, 0.2) is 11.9 Å². The summed E-state index contributed by atoms with van der Waals surface area (Å²) in [5, 5.41) is 14.4. The summed E-state index contributed by atoms with van der Waals surface area (Å²) >= 11 is 19.6. The van der Waals surface area contributed by atoms with Gasteiger partial charge in [-0.2, -0.15) is 0 Å². The number of hydrogen-bond acceptors (Lipinski definition) is 7. The molecule has 1 aromatic heterocycles. The van der Waals surface area contributed by atoms with Crippen LogP contribution in [-0.2, 0) is 16.2 Å². The molecule has 0 radical (unpaired) electrons. The summed E-state index contributed by atoms with van der Waals surface area (Å²) in [7, 11) is 0. The number of ether oxygens (including phenoxy) is 1. The quantitative estimate of drug-likeness (QED) is 0.167. The maximum Gasteiger partial charge on any atom is 0.253 e. The second kappa shape index (κ2) is 12.7. The molecule has 1 atom stereocenters. The molecule has 1 N–H and O–H groups in total. The topological polar surface area (TPSA) is 90.6 Å². The third-order valence-corrected chi connectivity index (χ3v) is 7.14. The number of carbonyl (C=O) groups is 1. The molecule has 190 valence electrons. The third-order valence-electron chi connectivity index (χ3n) is 5.32. The van der Waals surface area contributed by atoms with Crippen LogP contribution >= 0.6 is 46.6 Å². The molecule has 8 nitrogen and oxygen atoms in total. The highest BCUT2D eigenvalue weighted by Crippen LogP contribution is 2.36. The van der Waals surface area contributed by atoms with Crippen molar-refractivity contribution in [2.75, 3.05) is 17.1 Å². The lowest BCUT2D eigenvalue weighted by Crippen LogP contribution is -2.27. The fourth-order valence-electron chi connectivity index (χ4n) is 3.50. The summed E-state index contributed by atoms with van der Waals surface area (Å²) in [6.45, 7) is 2.19. The molecule has 1 unspecified atom stereocenters. The predicted molar refractivity (Wildman–Crippen MR) is 143 cm³/mol. The van der Waals surface area contributed by atoms with E-state index in [1.54, 1.807) is 12.1 Å². The number of rotatable bonds is 11. The Balaban J connectivity index is 1.49. The number of nitrogens with zero attached hydrogens (tertiary/aromatic N) is 4. The number of nitrogens with one attached hydrogen (secondary N) is 1. The van der Waals surface area contributed by atoms with Crippen LogP contribution in [0, 0.1) is 0 Å². The van der Waals surface area contributed by atoms with Crippen molar-refractivity contribution in [1.29, 1.82) is 0 Å². The largest absolute Gasteiger partial charge is 0.485 e. The van der Waals surface area contributed by atoms with Gasteiger partial charge in [0.1, 0.15) is 18.2 Å². The van der Waals surface area contributed by atoms with Gasteiger partial charge in [0.2, 0.25) is 5.16 Å². The summed E-state index contributed by atoms with van der Waals surface area (Å²) in [5.41, 5.74) is 5.06. The molecule has 0 fully saturated rings. The first-order valence-corrected chi connectivity index (χ1v) is 13.6. The van der Waals surface area contributed by atoms with Crippen molar-refractivity contribution >= 4 is 58.2 Å². The molecular formula is C24H24Cl3N5O3S. The van der Waals surface area contributed by atoms with E-state index in [0.29, 0.717) is 33.2 Å². The fraction of sp³-hybridized carbons (Fsp3) is 0.333. The van der Waals surface area contributed by atoms with E-state index in [-0.39, 0.29) is 24.5 Å². The minimum atomic E-state index is -0.361. The molecule has 12 heteroatoms. The SMILES string of the molecule is CCCCSc1nnc(COc2ccccc2C2=NOC(c3ccc(Cl)cc3Cl)C2)n1NC(=O)CCl. The van der Waals surface area contributed by atoms with Crippen molar-refractivity contribution < 1.29 is 14.4 Å². The number of oxime groups is 1. The number of alkyl halides is 1. The molecule has 1 amide bonds. The molecule has 2 heterocycles. The van der Waals surface area contributed by atoms with E-state index >= 15 is 0 Å². The van der Waals surface area contributed by atoms with Crippen LogP contribution in [0.4, 0.5) is 0 Å². The number of carbonyl (C=O) groups excluding carboxylic acids is 1. The number of unbranched alkanes of at least 4 members (excludes halogenated alkanes) is 1. The molecule has 3 aromatic rings. The van der Waals surface area contributed by atoms with E-state index in [1.807, 2.05) is 30.3 Å². The highest BCUT2D eigenvalue weighted by Gasteiger charge is 2.27. The van der Waals surface area contributed by atoms with Gasteiger partial charge in [0.25, 0.3) is 5.91 Å². The highest BCUT2D eigenvalue weighted by molar-refractivity contribution is 7.99. The molecule has 4 rings (SSSR count). The molecular weight excluding hydrogens is 545 g/mol. The second-order valence-corrected chi connectivity index (χ2v) is 10.1. The lowest BCUT2D eigenvalue weighted by molar-refractivity contribution is -0.114. The highest BCUT2D eigenvalue weighted by atomic mass is 35.5. The van der Waals surface area contributed by atoms with Crippen LogP contribution in [0.5, 0.6) is 5.75 Å². The van der Waals surface area contributed by atoms with Gasteiger partial charge in [-0.15, -0.1) is 21.8 Å². The van der Waals surface area contributed by atoms with Crippen molar-refractivity contribution in [2.24, 2.45) is 5.16 Å². The third kappa shape index (κ3) is 6.45. The van der Waals surface area contributed by atoms with Crippen LogP contribution in [0.1, 0.15) is 49.2 Å². The first kappa shape index (κ1) is 26.6. The van der Waals surface area contributed by atoms with Crippen LogP contribution in [-0.4, -0.2) is 38.1 Å². The van der Waals surface area contributed by atoms with Crippen molar-refractivity contribution in [3.05, 3.63) is 69.5 Å². The maximum atomic E-state index is 12.0.